The second kappa shape index (κ2) is 19.0. The zero-order chi connectivity index (χ0) is 35.3. The second-order valence-electron chi connectivity index (χ2n) is 13.2. The summed E-state index contributed by atoms with van der Waals surface area (Å²) < 4.78 is 28.0. The van der Waals surface area contributed by atoms with Crippen molar-refractivity contribution in [3.8, 4) is 28.7 Å². The second-order valence-corrected chi connectivity index (χ2v) is 13.2. The average Bonchev–Trinajstić information content (AvgIpc) is 3.75. The number of nitrogens with two attached hydrogens (primary N) is 1. The van der Waals surface area contributed by atoms with Crippen LogP contribution < -0.4 is 45.9 Å². The molecule has 2 aliphatic heterocycles. The van der Waals surface area contributed by atoms with Gasteiger partial charge in [0.2, 0.25) is 18.4 Å². The summed E-state index contributed by atoms with van der Waals surface area (Å²) in [5, 5.41) is 24.3. The predicted molar refractivity (Wildman–Crippen MR) is 189 cm³/mol. The molecule has 2 aromatic carbocycles. The quantitative estimate of drug-likeness (QED) is 0.0785. The molecule has 50 heavy (non-hydrogen) atoms. The van der Waals surface area contributed by atoms with Crippen LogP contribution in [0.5, 0.6) is 28.7 Å². The number of ether oxygens (including phenoxy) is 5. The van der Waals surface area contributed by atoms with Gasteiger partial charge >= 0.3 is 5.97 Å². The van der Waals surface area contributed by atoms with Gasteiger partial charge in [-0.05, 0) is 132 Å². The largest absolute Gasteiger partial charge is 0.502 e. The number of carbonyl (C=O) groups excluding carboxylic acids is 2. The number of methoxy groups -OCH3 is 2. The number of amides is 1. The fourth-order valence-electron chi connectivity index (χ4n) is 7.23. The van der Waals surface area contributed by atoms with Gasteiger partial charge in [-0.2, -0.15) is 0 Å². The van der Waals surface area contributed by atoms with E-state index in [1.165, 1.54) is 27.1 Å². The van der Waals surface area contributed by atoms with Gasteiger partial charge in [0, 0.05) is 18.3 Å². The number of unbranched alkanes of at least 4 members (excludes halogenated alkanes) is 3. The van der Waals surface area contributed by atoms with Crippen LogP contribution in [0.2, 0.25) is 0 Å². The maximum absolute atomic E-state index is 13.4. The highest BCUT2D eigenvalue weighted by Gasteiger charge is 2.53. The van der Waals surface area contributed by atoms with Crippen LogP contribution in [-0.2, 0) is 14.3 Å². The number of carbonyl (C=O) groups is 2. The zero-order valence-corrected chi connectivity index (χ0v) is 29.5. The number of rotatable bonds is 22. The molecule has 1 fully saturated rings. The van der Waals surface area contributed by atoms with Crippen molar-refractivity contribution in [2.24, 2.45) is 17.6 Å². The SMILES string of the molecule is COc1cc(C2c3cc4c(cc3[C@@H](NC(=O)CCCNCCCCNCCCCNCCCCN)C3COC(=O)[C@H]23)OCO4)cc(OC)c1O. The highest BCUT2D eigenvalue weighted by Crippen LogP contribution is 2.55. The highest BCUT2D eigenvalue weighted by atomic mass is 16.7. The zero-order valence-electron chi connectivity index (χ0n) is 29.5. The lowest BCUT2D eigenvalue weighted by atomic mass is 9.65. The molecule has 3 aliphatic rings. The summed E-state index contributed by atoms with van der Waals surface area (Å²) in [6.45, 7) is 6.88. The number of aromatic hydroxyl groups is 1. The van der Waals surface area contributed by atoms with Gasteiger partial charge in [-0.25, -0.2) is 0 Å². The number of phenols is 1. The molecule has 2 heterocycles. The number of nitrogens with one attached hydrogen (secondary N) is 4. The molecule has 0 spiro atoms. The first-order valence-electron chi connectivity index (χ1n) is 18.1. The topological polar surface area (TPSA) is 175 Å². The predicted octanol–water partition coefficient (Wildman–Crippen LogP) is 3.08. The van der Waals surface area contributed by atoms with Crippen molar-refractivity contribution in [1.29, 1.82) is 0 Å². The molecule has 13 nitrogen and oxygen atoms in total. The van der Waals surface area contributed by atoms with E-state index in [0.29, 0.717) is 24.3 Å². The van der Waals surface area contributed by atoms with Crippen LogP contribution in [0.25, 0.3) is 0 Å². The summed E-state index contributed by atoms with van der Waals surface area (Å²) in [6, 6.07) is 6.77. The van der Waals surface area contributed by atoms with E-state index >= 15 is 0 Å². The van der Waals surface area contributed by atoms with Crippen LogP contribution in [0.1, 0.15) is 80.0 Å². The first-order chi connectivity index (χ1) is 24.5. The van der Waals surface area contributed by atoms with Gasteiger partial charge in [-0.15, -0.1) is 0 Å². The Balaban J connectivity index is 1.11. The molecule has 7 N–H and O–H groups in total. The first-order valence-corrected chi connectivity index (χ1v) is 18.1. The molecule has 1 aliphatic carbocycles. The molecule has 4 atom stereocenters. The number of hydrogen-bond acceptors (Lipinski definition) is 12. The maximum atomic E-state index is 13.4. The molecule has 2 unspecified atom stereocenters. The van der Waals surface area contributed by atoms with Crippen molar-refractivity contribution in [2.45, 2.75) is 63.3 Å². The maximum Gasteiger partial charge on any atom is 0.310 e. The molecule has 13 heteroatoms. The smallest absolute Gasteiger partial charge is 0.310 e. The van der Waals surface area contributed by atoms with E-state index in [1.807, 2.05) is 12.1 Å². The Morgan fingerprint density at radius 2 is 1.34 bits per heavy atom. The van der Waals surface area contributed by atoms with Gasteiger partial charge in [0.25, 0.3) is 0 Å². The average molecular weight is 698 g/mol. The lowest BCUT2D eigenvalue weighted by Gasteiger charge is -2.39. The van der Waals surface area contributed by atoms with Crippen molar-refractivity contribution in [3.05, 3.63) is 41.0 Å². The summed E-state index contributed by atoms with van der Waals surface area (Å²) in [5.74, 6) is -0.286. The van der Waals surface area contributed by atoms with E-state index in [2.05, 4.69) is 21.3 Å². The summed E-state index contributed by atoms with van der Waals surface area (Å²) in [5.41, 5.74) is 7.90. The van der Waals surface area contributed by atoms with Crippen molar-refractivity contribution >= 4 is 11.9 Å². The third kappa shape index (κ3) is 9.30. The Bertz CT molecular complexity index is 1400. The molecular weight excluding hydrogens is 642 g/mol. The van der Waals surface area contributed by atoms with Crippen molar-refractivity contribution < 1.29 is 38.4 Å². The minimum Gasteiger partial charge on any atom is -0.502 e. The van der Waals surface area contributed by atoms with Crippen LogP contribution in [0, 0.1) is 11.8 Å². The van der Waals surface area contributed by atoms with Crippen LogP contribution in [0.3, 0.4) is 0 Å². The summed E-state index contributed by atoms with van der Waals surface area (Å²) in [7, 11) is 2.93. The molecule has 0 bridgehead atoms. The lowest BCUT2D eigenvalue weighted by molar-refractivity contribution is -0.141. The Morgan fingerprint density at radius 1 is 0.800 bits per heavy atom. The Hall–Kier alpha value is -3.78. The molecule has 0 radical (unpaired) electrons. The van der Waals surface area contributed by atoms with Gasteiger partial charge < -0.3 is 55.8 Å². The number of phenolic OH excluding ortho intramolecular Hbond substituents is 1. The summed E-state index contributed by atoms with van der Waals surface area (Å²) >= 11 is 0. The van der Waals surface area contributed by atoms with E-state index in [1.54, 1.807) is 12.1 Å². The molecule has 1 amide bonds. The third-order valence-electron chi connectivity index (χ3n) is 9.84. The van der Waals surface area contributed by atoms with E-state index in [4.69, 9.17) is 29.4 Å². The van der Waals surface area contributed by atoms with E-state index in [-0.39, 0.29) is 48.4 Å². The van der Waals surface area contributed by atoms with Crippen molar-refractivity contribution in [1.82, 2.24) is 21.3 Å². The highest BCUT2D eigenvalue weighted by molar-refractivity contribution is 5.81. The van der Waals surface area contributed by atoms with Crippen LogP contribution >= 0.6 is 0 Å². The van der Waals surface area contributed by atoms with Gasteiger partial charge in [0.05, 0.1) is 32.8 Å². The number of cyclic esters (lactones) is 1. The van der Waals surface area contributed by atoms with Crippen molar-refractivity contribution in [2.75, 3.05) is 73.4 Å². The van der Waals surface area contributed by atoms with E-state index < -0.39 is 17.9 Å². The number of benzene rings is 2. The standard InChI is InChI=1S/C37H55N5O8/c1-46-30-18-24(19-31(47-2)36(30)44)33-25-20-28-29(50-23-49-28)21-26(25)35(27-22-48-37(45)34(27)33)42-32(43)10-9-17-41-16-8-7-15-40-14-6-5-13-39-12-4-3-11-38/h18-21,27,33-35,39-41,44H,3-17,22-23,38H2,1-2H3,(H,42,43)/t27?,33?,34-,35+/m0/s1. The molecule has 2 aromatic rings. The Kier molecular flexibility index (Phi) is 14.2. The fraction of sp³-hybridized carbons (Fsp3) is 0.622. The molecule has 276 valence electrons. The lowest BCUT2D eigenvalue weighted by Crippen LogP contribution is -2.42. The summed E-state index contributed by atoms with van der Waals surface area (Å²) in [4.78, 5) is 26.7. The molecule has 0 saturated carbocycles. The number of esters is 1. The number of fused-ring (bicyclic) bond motifs is 3. The molecule has 5 rings (SSSR count). The van der Waals surface area contributed by atoms with Gasteiger partial charge in [-0.3, -0.25) is 9.59 Å². The summed E-state index contributed by atoms with van der Waals surface area (Å²) in [6.07, 6.45) is 7.84. The Morgan fingerprint density at radius 3 is 1.90 bits per heavy atom. The van der Waals surface area contributed by atoms with Crippen LogP contribution in [0.4, 0.5) is 0 Å². The van der Waals surface area contributed by atoms with Crippen LogP contribution in [-0.4, -0.2) is 90.4 Å². The van der Waals surface area contributed by atoms with Gasteiger partial charge in [-0.1, -0.05) is 0 Å². The minimum absolute atomic E-state index is 0.0834. The molecule has 1 saturated heterocycles. The first kappa shape index (κ1) is 37.5. The monoisotopic (exact) mass is 697 g/mol. The van der Waals surface area contributed by atoms with Gasteiger partial charge in [0.15, 0.2) is 23.0 Å². The fourth-order valence-corrected chi connectivity index (χ4v) is 7.23. The Labute approximate surface area is 295 Å². The van der Waals surface area contributed by atoms with Crippen LogP contribution in [0.15, 0.2) is 24.3 Å². The normalized spacial score (nSPS) is 20.3. The third-order valence-corrected chi connectivity index (χ3v) is 9.84. The molecule has 0 aromatic heterocycles. The van der Waals surface area contributed by atoms with Gasteiger partial charge in [0.1, 0.15) is 0 Å². The van der Waals surface area contributed by atoms with Crippen molar-refractivity contribution in [3.63, 3.8) is 0 Å². The number of hydrogen-bond donors (Lipinski definition) is 6. The van der Waals surface area contributed by atoms with E-state index in [9.17, 15) is 14.7 Å². The molecular formula is C37H55N5O8. The van der Waals surface area contributed by atoms with E-state index in [0.717, 1.165) is 88.2 Å². The minimum atomic E-state index is -0.586.